The van der Waals surface area contributed by atoms with Crippen LogP contribution in [0.4, 0.5) is 5.69 Å². The van der Waals surface area contributed by atoms with Crippen molar-refractivity contribution in [3.05, 3.63) is 105 Å². The zero-order valence-corrected chi connectivity index (χ0v) is 21.2. The van der Waals surface area contributed by atoms with Gasteiger partial charge in [0.1, 0.15) is 17.1 Å². The molecular weight excluding hydrogens is 501 g/mol. The molecule has 5 nitrogen and oxygen atoms in total. The molecular formula is C27H24Cl2N3O2S+. The van der Waals surface area contributed by atoms with Crippen molar-refractivity contribution >= 4 is 52.5 Å². The second kappa shape index (κ2) is 10.5. The first-order chi connectivity index (χ1) is 17.0. The summed E-state index contributed by atoms with van der Waals surface area (Å²) >= 11 is 13.4. The molecule has 0 saturated carbocycles. The Morgan fingerprint density at radius 3 is 2.00 bits per heavy atom. The molecule has 0 aromatic heterocycles. The number of carbonyl (C=O) groups excluding carboxylic acids is 2. The van der Waals surface area contributed by atoms with Crippen LogP contribution < -0.4 is 9.80 Å². The van der Waals surface area contributed by atoms with Crippen LogP contribution in [0.2, 0.25) is 10.0 Å². The van der Waals surface area contributed by atoms with Crippen molar-refractivity contribution in [2.24, 2.45) is 0 Å². The summed E-state index contributed by atoms with van der Waals surface area (Å²) in [6, 6.07) is 24.5. The van der Waals surface area contributed by atoms with E-state index in [0.717, 1.165) is 24.5 Å². The highest BCUT2D eigenvalue weighted by molar-refractivity contribution is 8.04. The quantitative estimate of drug-likeness (QED) is 0.489. The van der Waals surface area contributed by atoms with E-state index < -0.39 is 0 Å². The van der Waals surface area contributed by atoms with Gasteiger partial charge in [0.2, 0.25) is 0 Å². The molecule has 2 amide bonds. The Labute approximate surface area is 218 Å². The highest BCUT2D eigenvalue weighted by Crippen LogP contribution is 2.39. The molecule has 3 aromatic rings. The Morgan fingerprint density at radius 1 is 0.771 bits per heavy atom. The minimum atomic E-state index is -0.314. The normalized spacial score (nSPS) is 17.0. The van der Waals surface area contributed by atoms with Gasteiger partial charge in [-0.15, -0.1) is 0 Å². The molecule has 0 aliphatic carbocycles. The zero-order valence-electron chi connectivity index (χ0n) is 18.9. The topological polar surface area (TPSA) is 45.1 Å². The molecule has 0 unspecified atom stereocenters. The van der Waals surface area contributed by atoms with Crippen molar-refractivity contribution in [3.8, 4) is 0 Å². The lowest BCUT2D eigenvalue weighted by molar-refractivity contribution is -0.917. The van der Waals surface area contributed by atoms with Crippen molar-refractivity contribution in [2.45, 2.75) is 11.4 Å². The van der Waals surface area contributed by atoms with Gasteiger partial charge in [0, 0.05) is 20.5 Å². The largest absolute Gasteiger partial charge is 0.355 e. The maximum absolute atomic E-state index is 13.7. The van der Waals surface area contributed by atoms with Crippen LogP contribution in [0.25, 0.3) is 0 Å². The van der Waals surface area contributed by atoms with E-state index in [-0.39, 0.29) is 11.8 Å². The third-order valence-electron chi connectivity index (χ3n) is 6.22. The van der Waals surface area contributed by atoms with Crippen LogP contribution in [-0.4, -0.2) is 42.9 Å². The van der Waals surface area contributed by atoms with Gasteiger partial charge in [-0.1, -0.05) is 65.3 Å². The van der Waals surface area contributed by atoms with Gasteiger partial charge in [-0.25, -0.2) is 4.90 Å². The number of piperazine rings is 1. The van der Waals surface area contributed by atoms with Crippen LogP contribution in [-0.2, 0) is 16.1 Å². The van der Waals surface area contributed by atoms with Crippen molar-refractivity contribution < 1.29 is 14.5 Å². The molecule has 2 aliphatic rings. The first kappa shape index (κ1) is 23.9. The number of halogens is 2. The lowest BCUT2D eigenvalue weighted by Crippen LogP contribution is -3.13. The minimum Gasteiger partial charge on any atom is -0.355 e. The molecule has 178 valence electrons. The van der Waals surface area contributed by atoms with Crippen LogP contribution in [0.15, 0.2) is 94.4 Å². The SMILES string of the molecule is O=C1C(Sc2ccc(Cl)cc2)=C(N2CC[NH+](Cc3ccccc3)CC2)C(=O)N1c1ccc(Cl)cc1. The first-order valence-electron chi connectivity index (χ1n) is 11.4. The number of hydrogen-bond acceptors (Lipinski definition) is 4. The van der Waals surface area contributed by atoms with Gasteiger partial charge in [-0.3, -0.25) is 9.59 Å². The second-order valence-corrected chi connectivity index (χ2v) is 10.5. The molecule has 3 aromatic carbocycles. The van der Waals surface area contributed by atoms with E-state index in [0.29, 0.717) is 39.4 Å². The Morgan fingerprint density at radius 2 is 1.37 bits per heavy atom. The van der Waals surface area contributed by atoms with Crippen LogP contribution in [0, 0.1) is 0 Å². The summed E-state index contributed by atoms with van der Waals surface area (Å²) in [5, 5.41) is 1.17. The molecule has 2 heterocycles. The number of carbonyl (C=O) groups is 2. The van der Waals surface area contributed by atoms with Crippen LogP contribution in [0.5, 0.6) is 0 Å². The number of rotatable bonds is 6. The summed E-state index contributed by atoms with van der Waals surface area (Å²) in [6.07, 6.45) is 0. The standard InChI is InChI=1S/C27H23Cl2N3O2S/c28-20-6-10-22(11-7-20)32-26(33)24(25(27(32)34)35-23-12-8-21(29)9-13-23)31-16-14-30(15-17-31)18-19-4-2-1-3-5-19/h1-13H,14-18H2/p+1. The van der Waals surface area contributed by atoms with E-state index in [2.05, 4.69) is 29.2 Å². The Balaban J connectivity index is 1.40. The van der Waals surface area contributed by atoms with E-state index in [1.165, 1.54) is 27.1 Å². The maximum atomic E-state index is 13.7. The van der Waals surface area contributed by atoms with Crippen molar-refractivity contribution in [1.82, 2.24) is 4.90 Å². The molecule has 0 atom stereocenters. The fourth-order valence-corrected chi connectivity index (χ4v) is 5.67. The third-order valence-corrected chi connectivity index (χ3v) is 7.80. The fraction of sp³-hybridized carbons (Fsp3) is 0.185. The van der Waals surface area contributed by atoms with E-state index in [4.69, 9.17) is 23.2 Å². The number of nitrogens with zero attached hydrogens (tertiary/aromatic N) is 2. The van der Waals surface area contributed by atoms with Gasteiger partial charge in [0.05, 0.1) is 31.9 Å². The highest BCUT2D eigenvalue weighted by Gasteiger charge is 2.43. The highest BCUT2D eigenvalue weighted by atomic mass is 35.5. The Kier molecular flexibility index (Phi) is 7.16. The van der Waals surface area contributed by atoms with Gasteiger partial charge in [-0.2, -0.15) is 0 Å². The zero-order chi connectivity index (χ0) is 24.4. The van der Waals surface area contributed by atoms with Gasteiger partial charge in [-0.05, 0) is 48.5 Å². The molecule has 35 heavy (non-hydrogen) atoms. The van der Waals surface area contributed by atoms with Gasteiger partial charge >= 0.3 is 0 Å². The molecule has 1 saturated heterocycles. The minimum absolute atomic E-state index is 0.291. The maximum Gasteiger partial charge on any atom is 0.283 e. The summed E-state index contributed by atoms with van der Waals surface area (Å²) in [7, 11) is 0. The number of imide groups is 1. The first-order valence-corrected chi connectivity index (χ1v) is 13.0. The number of amides is 2. The molecule has 2 aliphatic heterocycles. The van der Waals surface area contributed by atoms with Gasteiger partial charge in [0.25, 0.3) is 11.8 Å². The summed E-state index contributed by atoms with van der Waals surface area (Å²) in [5.74, 6) is -0.605. The van der Waals surface area contributed by atoms with Gasteiger partial charge < -0.3 is 9.80 Å². The van der Waals surface area contributed by atoms with E-state index in [1.54, 1.807) is 36.4 Å². The predicted molar refractivity (Wildman–Crippen MR) is 141 cm³/mol. The van der Waals surface area contributed by atoms with Crippen molar-refractivity contribution in [2.75, 3.05) is 31.1 Å². The summed E-state index contributed by atoms with van der Waals surface area (Å²) in [4.78, 5) is 33.3. The van der Waals surface area contributed by atoms with Crippen LogP contribution in [0.3, 0.4) is 0 Å². The molecule has 1 N–H and O–H groups in total. The van der Waals surface area contributed by atoms with Gasteiger partial charge in [0.15, 0.2) is 0 Å². The Hall–Kier alpha value is -2.77. The number of anilines is 1. The van der Waals surface area contributed by atoms with E-state index in [1.807, 2.05) is 18.2 Å². The summed E-state index contributed by atoms with van der Waals surface area (Å²) in [5.41, 5.74) is 2.29. The van der Waals surface area contributed by atoms with E-state index in [9.17, 15) is 9.59 Å². The number of thioether (sulfide) groups is 1. The lowest BCUT2D eigenvalue weighted by Gasteiger charge is -2.34. The summed E-state index contributed by atoms with van der Waals surface area (Å²) in [6.45, 7) is 4.13. The fourth-order valence-electron chi connectivity index (χ4n) is 4.42. The smallest absolute Gasteiger partial charge is 0.283 e. The Bertz CT molecular complexity index is 1260. The predicted octanol–water partition coefficient (Wildman–Crippen LogP) is 4.27. The van der Waals surface area contributed by atoms with Crippen molar-refractivity contribution in [1.29, 1.82) is 0 Å². The lowest BCUT2D eigenvalue weighted by atomic mass is 10.2. The number of hydrogen-bond donors (Lipinski definition) is 1. The molecule has 0 radical (unpaired) electrons. The molecule has 0 bridgehead atoms. The molecule has 5 rings (SSSR count). The number of quaternary nitrogens is 1. The third kappa shape index (κ3) is 5.26. The number of nitrogens with one attached hydrogen (secondary N) is 1. The average Bonchev–Trinajstić information content (AvgIpc) is 3.11. The molecule has 8 heteroatoms. The van der Waals surface area contributed by atoms with Crippen LogP contribution in [0.1, 0.15) is 5.56 Å². The second-order valence-electron chi connectivity index (χ2n) is 8.56. The van der Waals surface area contributed by atoms with Crippen molar-refractivity contribution in [3.63, 3.8) is 0 Å². The monoisotopic (exact) mass is 524 g/mol. The number of benzene rings is 3. The summed E-state index contributed by atoms with van der Waals surface area (Å²) < 4.78 is 0. The average molecular weight is 525 g/mol. The molecule has 1 fully saturated rings. The molecule has 0 spiro atoms. The van der Waals surface area contributed by atoms with E-state index >= 15 is 0 Å². The van der Waals surface area contributed by atoms with Crippen LogP contribution >= 0.6 is 35.0 Å².